The zero-order valence-corrected chi connectivity index (χ0v) is 11.4. The summed E-state index contributed by atoms with van der Waals surface area (Å²) < 4.78 is 5.52. The van der Waals surface area contributed by atoms with Crippen LogP contribution >= 0.6 is 0 Å². The van der Waals surface area contributed by atoms with Crippen molar-refractivity contribution in [2.75, 3.05) is 26.8 Å². The topological polar surface area (TPSA) is 37.4 Å². The fraction of sp³-hybridized carbons (Fsp3) is 0.643. The lowest BCUT2D eigenvalue weighted by atomic mass is 10.1. The zero-order chi connectivity index (χ0) is 12.8. The lowest BCUT2D eigenvalue weighted by molar-refractivity contribution is -0.0132. The Hall–Kier alpha value is -0.970. The van der Waals surface area contributed by atoms with Crippen LogP contribution in [0.1, 0.15) is 24.6 Å². The fourth-order valence-electron chi connectivity index (χ4n) is 2.34. The first-order valence-electron chi connectivity index (χ1n) is 6.73. The van der Waals surface area contributed by atoms with Crippen LogP contribution in [0.3, 0.4) is 0 Å². The smallest absolute Gasteiger partial charge is 0.0622 e. The van der Waals surface area contributed by atoms with Gasteiger partial charge in [0, 0.05) is 31.9 Å². The Kier molecular flexibility index (Phi) is 5.11. The molecule has 0 saturated carbocycles. The van der Waals surface area contributed by atoms with Gasteiger partial charge < -0.3 is 10.1 Å². The maximum atomic E-state index is 5.52. The molecule has 0 amide bonds. The summed E-state index contributed by atoms with van der Waals surface area (Å²) in [5.74, 6) is 0. The Balaban J connectivity index is 1.95. The Morgan fingerprint density at radius 3 is 3.06 bits per heavy atom. The van der Waals surface area contributed by atoms with E-state index in [1.54, 1.807) is 0 Å². The maximum absolute atomic E-state index is 5.52. The second-order valence-corrected chi connectivity index (χ2v) is 4.80. The van der Waals surface area contributed by atoms with Crippen molar-refractivity contribution in [3.63, 3.8) is 0 Å². The average Bonchev–Trinajstić information content (AvgIpc) is 2.42. The van der Waals surface area contributed by atoms with Crippen LogP contribution in [0.2, 0.25) is 0 Å². The highest BCUT2D eigenvalue weighted by molar-refractivity contribution is 5.14. The Labute approximate surface area is 109 Å². The summed E-state index contributed by atoms with van der Waals surface area (Å²) in [6.07, 6.45) is 3.10. The van der Waals surface area contributed by atoms with E-state index in [9.17, 15) is 0 Å². The van der Waals surface area contributed by atoms with Crippen molar-refractivity contribution in [1.82, 2.24) is 15.2 Å². The van der Waals surface area contributed by atoms with Crippen molar-refractivity contribution in [2.24, 2.45) is 0 Å². The monoisotopic (exact) mass is 249 g/mol. The molecule has 18 heavy (non-hydrogen) atoms. The quantitative estimate of drug-likeness (QED) is 0.856. The summed E-state index contributed by atoms with van der Waals surface area (Å²) in [6.45, 7) is 6.74. The highest BCUT2D eigenvalue weighted by Crippen LogP contribution is 2.13. The van der Waals surface area contributed by atoms with Gasteiger partial charge in [0.25, 0.3) is 0 Å². The number of nitrogens with one attached hydrogen (secondary N) is 1. The van der Waals surface area contributed by atoms with Crippen molar-refractivity contribution in [2.45, 2.75) is 32.5 Å². The molecule has 1 N–H and O–H groups in total. The number of hydrogen-bond acceptors (Lipinski definition) is 4. The molecule has 1 aromatic rings. The molecule has 1 saturated heterocycles. The number of ether oxygens (including phenoxy) is 1. The molecule has 0 radical (unpaired) electrons. The summed E-state index contributed by atoms with van der Waals surface area (Å²) in [4.78, 5) is 7.01. The van der Waals surface area contributed by atoms with E-state index in [0.29, 0.717) is 6.04 Å². The van der Waals surface area contributed by atoms with Crippen molar-refractivity contribution in [3.8, 4) is 0 Å². The van der Waals surface area contributed by atoms with Gasteiger partial charge in [0.05, 0.1) is 18.9 Å². The average molecular weight is 249 g/mol. The normalized spacial score (nSPS) is 21.1. The minimum atomic E-state index is 0.539. The van der Waals surface area contributed by atoms with E-state index in [1.807, 2.05) is 13.2 Å². The summed E-state index contributed by atoms with van der Waals surface area (Å²) in [6, 6.07) is 4.83. The van der Waals surface area contributed by atoms with Crippen LogP contribution < -0.4 is 5.32 Å². The highest BCUT2D eigenvalue weighted by Gasteiger charge is 2.21. The number of nitrogens with zero attached hydrogens (tertiary/aromatic N) is 2. The van der Waals surface area contributed by atoms with Crippen LogP contribution in [-0.4, -0.2) is 42.7 Å². The van der Waals surface area contributed by atoms with Gasteiger partial charge in [0.2, 0.25) is 0 Å². The predicted octanol–water partition coefficient (Wildman–Crippen LogP) is 1.41. The van der Waals surface area contributed by atoms with E-state index in [-0.39, 0.29) is 0 Å². The van der Waals surface area contributed by atoms with Crippen LogP contribution in [0, 0.1) is 0 Å². The molecule has 1 aliphatic rings. The van der Waals surface area contributed by atoms with Gasteiger partial charge in [-0.05, 0) is 25.1 Å². The second kappa shape index (κ2) is 6.83. The third-order valence-corrected chi connectivity index (χ3v) is 3.45. The van der Waals surface area contributed by atoms with Crippen molar-refractivity contribution in [1.29, 1.82) is 0 Å². The molecule has 2 heterocycles. The summed E-state index contributed by atoms with van der Waals surface area (Å²) in [5, 5.41) is 3.13. The molecule has 2 rings (SSSR count). The molecule has 0 aromatic carbocycles. The standard InChI is InChI=1S/C14H23N3O/c1-3-14-11-18-7-6-17(14)10-13-5-4-12(8-15-2)9-16-13/h4-5,9,14-15H,3,6-8,10-11H2,1-2H3. The molecule has 0 bridgehead atoms. The largest absolute Gasteiger partial charge is 0.378 e. The zero-order valence-electron chi connectivity index (χ0n) is 11.4. The molecule has 1 unspecified atom stereocenters. The summed E-state index contributed by atoms with van der Waals surface area (Å²) in [7, 11) is 1.95. The molecule has 100 valence electrons. The number of rotatable bonds is 5. The number of pyridine rings is 1. The van der Waals surface area contributed by atoms with Gasteiger partial charge in [-0.15, -0.1) is 0 Å². The Morgan fingerprint density at radius 2 is 2.39 bits per heavy atom. The molecule has 4 heteroatoms. The SMILES string of the molecule is CCC1COCCN1Cc1ccc(CNC)cn1. The lowest BCUT2D eigenvalue weighted by Gasteiger charge is -2.34. The van der Waals surface area contributed by atoms with Crippen molar-refractivity contribution in [3.05, 3.63) is 29.6 Å². The van der Waals surface area contributed by atoms with Crippen molar-refractivity contribution < 1.29 is 4.74 Å². The van der Waals surface area contributed by atoms with E-state index < -0.39 is 0 Å². The molecule has 1 atom stereocenters. The molecular weight excluding hydrogens is 226 g/mol. The van der Waals surface area contributed by atoms with E-state index in [1.165, 1.54) is 5.56 Å². The number of aromatic nitrogens is 1. The first kappa shape index (κ1) is 13.5. The van der Waals surface area contributed by atoms with Crippen LogP contribution in [0.5, 0.6) is 0 Å². The van der Waals surface area contributed by atoms with Gasteiger partial charge in [0.1, 0.15) is 0 Å². The van der Waals surface area contributed by atoms with Gasteiger partial charge >= 0.3 is 0 Å². The summed E-state index contributed by atoms with van der Waals surface area (Å²) in [5.41, 5.74) is 2.38. The van der Waals surface area contributed by atoms with E-state index >= 15 is 0 Å². The van der Waals surface area contributed by atoms with Crippen LogP contribution in [0.4, 0.5) is 0 Å². The molecule has 0 spiro atoms. The minimum absolute atomic E-state index is 0.539. The first-order valence-corrected chi connectivity index (χ1v) is 6.73. The highest BCUT2D eigenvalue weighted by atomic mass is 16.5. The van der Waals surface area contributed by atoms with Gasteiger partial charge in [0.15, 0.2) is 0 Å². The fourth-order valence-corrected chi connectivity index (χ4v) is 2.34. The van der Waals surface area contributed by atoms with Gasteiger partial charge in [-0.3, -0.25) is 9.88 Å². The summed E-state index contributed by atoms with van der Waals surface area (Å²) >= 11 is 0. The minimum Gasteiger partial charge on any atom is -0.378 e. The number of morpholine rings is 1. The van der Waals surface area contributed by atoms with E-state index in [0.717, 1.165) is 45.0 Å². The third kappa shape index (κ3) is 3.51. The van der Waals surface area contributed by atoms with Gasteiger partial charge in [-0.1, -0.05) is 13.0 Å². The maximum Gasteiger partial charge on any atom is 0.0622 e. The van der Waals surface area contributed by atoms with Crippen LogP contribution in [0.15, 0.2) is 18.3 Å². The van der Waals surface area contributed by atoms with Gasteiger partial charge in [-0.25, -0.2) is 0 Å². The Bertz CT molecular complexity index is 353. The van der Waals surface area contributed by atoms with Crippen molar-refractivity contribution >= 4 is 0 Å². The van der Waals surface area contributed by atoms with Crippen LogP contribution in [-0.2, 0) is 17.8 Å². The lowest BCUT2D eigenvalue weighted by Crippen LogP contribution is -2.44. The van der Waals surface area contributed by atoms with Gasteiger partial charge in [-0.2, -0.15) is 0 Å². The molecule has 1 aliphatic heterocycles. The van der Waals surface area contributed by atoms with E-state index in [4.69, 9.17) is 4.74 Å². The first-order chi connectivity index (χ1) is 8.83. The molecule has 1 fully saturated rings. The molecule has 1 aromatic heterocycles. The predicted molar refractivity (Wildman–Crippen MR) is 72.3 cm³/mol. The Morgan fingerprint density at radius 1 is 1.50 bits per heavy atom. The number of hydrogen-bond donors (Lipinski definition) is 1. The molecule has 4 nitrogen and oxygen atoms in total. The van der Waals surface area contributed by atoms with E-state index in [2.05, 4.69) is 34.3 Å². The van der Waals surface area contributed by atoms with Crippen LogP contribution in [0.25, 0.3) is 0 Å². The third-order valence-electron chi connectivity index (χ3n) is 3.45. The molecule has 0 aliphatic carbocycles. The molecular formula is C14H23N3O. The second-order valence-electron chi connectivity index (χ2n) is 4.80.